The maximum absolute atomic E-state index is 9.14. The van der Waals surface area contributed by atoms with Gasteiger partial charge in [0.05, 0.1) is 12.3 Å². The van der Waals surface area contributed by atoms with Crippen molar-refractivity contribution in [1.82, 2.24) is 9.38 Å². The maximum atomic E-state index is 9.14. The molecule has 0 unspecified atom stereocenters. The molecule has 0 aliphatic heterocycles. The molecule has 0 saturated heterocycles. The van der Waals surface area contributed by atoms with Crippen LogP contribution in [-0.2, 0) is 6.61 Å². The molecule has 2 heterocycles. The van der Waals surface area contributed by atoms with Crippen LogP contribution in [0.1, 0.15) is 11.1 Å². The number of hydrogen-bond acceptors (Lipinski definition) is 2. The molecule has 96 valence electrons. The number of aromatic nitrogens is 2. The van der Waals surface area contributed by atoms with Gasteiger partial charge in [-0.25, -0.2) is 4.98 Å². The van der Waals surface area contributed by atoms with Crippen LogP contribution < -0.4 is 0 Å². The number of aliphatic hydroxyl groups is 1. The summed E-state index contributed by atoms with van der Waals surface area (Å²) in [6, 6.07) is 9.63. The minimum Gasteiger partial charge on any atom is -0.392 e. The van der Waals surface area contributed by atoms with Gasteiger partial charge in [-0.2, -0.15) is 0 Å². The Bertz CT molecular complexity index is 749. The number of nitrogens with zero attached hydrogens (tertiary/aromatic N) is 2. The second-order valence-electron chi connectivity index (χ2n) is 4.55. The zero-order valence-corrected chi connectivity index (χ0v) is 11.2. The molecular weight excluding hydrogens is 260 g/mol. The molecule has 0 aliphatic carbocycles. The van der Waals surface area contributed by atoms with Crippen molar-refractivity contribution in [2.45, 2.75) is 13.5 Å². The van der Waals surface area contributed by atoms with Crippen molar-refractivity contribution in [2.24, 2.45) is 0 Å². The molecule has 3 aromatic rings. The SMILES string of the molecule is Cc1cc(-c2cn3ccc(CO)cc3n2)ccc1Cl. The van der Waals surface area contributed by atoms with Crippen molar-refractivity contribution in [2.75, 3.05) is 0 Å². The molecule has 0 spiro atoms. The molecule has 19 heavy (non-hydrogen) atoms. The number of hydrogen-bond donors (Lipinski definition) is 1. The first-order valence-electron chi connectivity index (χ1n) is 6.02. The van der Waals surface area contributed by atoms with E-state index >= 15 is 0 Å². The minimum absolute atomic E-state index is 0.0265. The van der Waals surface area contributed by atoms with Gasteiger partial charge < -0.3 is 9.51 Å². The number of fused-ring (bicyclic) bond motifs is 1. The molecular formula is C15H13ClN2O. The Morgan fingerprint density at radius 3 is 2.84 bits per heavy atom. The first-order chi connectivity index (χ1) is 9.17. The van der Waals surface area contributed by atoms with Crippen LogP contribution in [0.25, 0.3) is 16.9 Å². The third-order valence-corrected chi connectivity index (χ3v) is 3.58. The molecule has 0 aliphatic rings. The molecule has 1 aromatic carbocycles. The predicted molar refractivity (Wildman–Crippen MR) is 76.3 cm³/mol. The van der Waals surface area contributed by atoms with Gasteiger partial charge >= 0.3 is 0 Å². The van der Waals surface area contributed by atoms with E-state index in [-0.39, 0.29) is 6.61 Å². The van der Waals surface area contributed by atoms with Crippen molar-refractivity contribution in [1.29, 1.82) is 0 Å². The summed E-state index contributed by atoms with van der Waals surface area (Å²) in [6.45, 7) is 2.00. The molecule has 4 heteroatoms. The van der Waals surface area contributed by atoms with E-state index in [2.05, 4.69) is 4.98 Å². The lowest BCUT2D eigenvalue weighted by molar-refractivity contribution is 0.282. The molecule has 0 radical (unpaired) electrons. The summed E-state index contributed by atoms with van der Waals surface area (Å²) in [5.41, 5.74) is 4.66. The summed E-state index contributed by atoms with van der Waals surface area (Å²) >= 11 is 6.03. The van der Waals surface area contributed by atoms with E-state index in [1.54, 1.807) is 0 Å². The van der Waals surface area contributed by atoms with Gasteiger partial charge in [0.2, 0.25) is 0 Å². The van der Waals surface area contributed by atoms with E-state index in [4.69, 9.17) is 16.7 Å². The highest BCUT2D eigenvalue weighted by Gasteiger charge is 2.06. The first-order valence-corrected chi connectivity index (χ1v) is 6.40. The van der Waals surface area contributed by atoms with E-state index in [9.17, 15) is 0 Å². The summed E-state index contributed by atoms with van der Waals surface area (Å²) in [5.74, 6) is 0. The summed E-state index contributed by atoms with van der Waals surface area (Å²) in [7, 11) is 0. The van der Waals surface area contributed by atoms with E-state index in [1.165, 1.54) is 0 Å². The Hall–Kier alpha value is -1.84. The van der Waals surface area contributed by atoms with Crippen molar-refractivity contribution < 1.29 is 5.11 Å². The van der Waals surface area contributed by atoms with E-state index in [0.717, 1.165) is 33.1 Å². The quantitative estimate of drug-likeness (QED) is 0.776. The Kier molecular flexibility index (Phi) is 3.01. The van der Waals surface area contributed by atoms with Crippen LogP contribution in [0.2, 0.25) is 5.02 Å². The molecule has 2 aromatic heterocycles. The molecule has 0 amide bonds. The standard InChI is InChI=1S/C15H13ClN2O/c1-10-6-12(2-3-13(10)16)14-8-18-5-4-11(9-19)7-15(18)17-14/h2-8,19H,9H2,1H3. The lowest BCUT2D eigenvalue weighted by Crippen LogP contribution is -1.87. The summed E-state index contributed by atoms with van der Waals surface area (Å²) < 4.78 is 1.94. The zero-order valence-electron chi connectivity index (χ0n) is 10.5. The topological polar surface area (TPSA) is 37.5 Å². The lowest BCUT2D eigenvalue weighted by Gasteiger charge is -2.00. The summed E-state index contributed by atoms with van der Waals surface area (Å²) in [6.07, 6.45) is 3.87. The fraction of sp³-hybridized carbons (Fsp3) is 0.133. The lowest BCUT2D eigenvalue weighted by atomic mass is 10.1. The highest BCUT2D eigenvalue weighted by molar-refractivity contribution is 6.31. The van der Waals surface area contributed by atoms with Gasteiger partial charge in [-0.1, -0.05) is 17.7 Å². The fourth-order valence-electron chi connectivity index (χ4n) is 2.07. The largest absolute Gasteiger partial charge is 0.392 e. The third kappa shape index (κ3) is 2.23. The number of aryl methyl sites for hydroxylation is 1. The van der Waals surface area contributed by atoms with E-state index < -0.39 is 0 Å². The average Bonchev–Trinajstić information content (AvgIpc) is 2.84. The molecule has 0 fully saturated rings. The third-order valence-electron chi connectivity index (χ3n) is 3.16. The number of benzene rings is 1. The second-order valence-corrected chi connectivity index (χ2v) is 4.96. The van der Waals surface area contributed by atoms with Gasteiger partial charge in [-0.05, 0) is 42.3 Å². The Morgan fingerprint density at radius 1 is 1.26 bits per heavy atom. The fourth-order valence-corrected chi connectivity index (χ4v) is 2.18. The Labute approximate surface area is 116 Å². The first kappa shape index (κ1) is 12.2. The Balaban J connectivity index is 2.11. The van der Waals surface area contributed by atoms with Crippen molar-refractivity contribution in [3.8, 4) is 11.3 Å². The Morgan fingerprint density at radius 2 is 2.11 bits per heavy atom. The molecule has 0 atom stereocenters. The predicted octanol–water partition coefficient (Wildman–Crippen LogP) is 3.46. The van der Waals surface area contributed by atoms with Gasteiger partial charge in [0.25, 0.3) is 0 Å². The molecule has 3 nitrogen and oxygen atoms in total. The van der Waals surface area contributed by atoms with Crippen LogP contribution in [0.15, 0.2) is 42.7 Å². The summed E-state index contributed by atoms with van der Waals surface area (Å²) in [4.78, 5) is 4.57. The van der Waals surface area contributed by atoms with Crippen LogP contribution in [0.5, 0.6) is 0 Å². The smallest absolute Gasteiger partial charge is 0.137 e. The minimum atomic E-state index is 0.0265. The highest BCUT2D eigenvalue weighted by Crippen LogP contribution is 2.24. The number of rotatable bonds is 2. The molecule has 1 N–H and O–H groups in total. The van der Waals surface area contributed by atoms with Crippen molar-refractivity contribution in [3.63, 3.8) is 0 Å². The van der Waals surface area contributed by atoms with Crippen molar-refractivity contribution in [3.05, 3.63) is 58.9 Å². The van der Waals surface area contributed by atoms with Gasteiger partial charge in [0.1, 0.15) is 5.65 Å². The van der Waals surface area contributed by atoms with E-state index in [0.29, 0.717) is 0 Å². The average molecular weight is 273 g/mol. The zero-order chi connectivity index (χ0) is 13.4. The molecule has 0 bridgehead atoms. The monoisotopic (exact) mass is 272 g/mol. The highest BCUT2D eigenvalue weighted by atomic mass is 35.5. The van der Waals surface area contributed by atoms with Crippen LogP contribution in [0, 0.1) is 6.92 Å². The van der Waals surface area contributed by atoms with Crippen LogP contribution in [0.4, 0.5) is 0 Å². The van der Waals surface area contributed by atoms with Gasteiger partial charge in [0.15, 0.2) is 0 Å². The number of imidazole rings is 1. The van der Waals surface area contributed by atoms with Gasteiger partial charge in [0, 0.05) is 23.0 Å². The molecule has 3 rings (SSSR count). The van der Waals surface area contributed by atoms with Gasteiger partial charge in [-0.3, -0.25) is 0 Å². The second kappa shape index (κ2) is 4.68. The molecule has 0 saturated carbocycles. The van der Waals surface area contributed by atoms with Crippen LogP contribution >= 0.6 is 11.6 Å². The van der Waals surface area contributed by atoms with Crippen LogP contribution in [-0.4, -0.2) is 14.5 Å². The van der Waals surface area contributed by atoms with Crippen molar-refractivity contribution >= 4 is 17.2 Å². The number of halogens is 1. The number of aliphatic hydroxyl groups excluding tert-OH is 1. The van der Waals surface area contributed by atoms with E-state index in [1.807, 2.05) is 54.0 Å². The normalized spacial score (nSPS) is 11.1. The summed E-state index contributed by atoms with van der Waals surface area (Å²) in [5, 5.41) is 9.90. The van der Waals surface area contributed by atoms with Gasteiger partial charge in [-0.15, -0.1) is 0 Å². The van der Waals surface area contributed by atoms with Crippen LogP contribution in [0.3, 0.4) is 0 Å². The maximum Gasteiger partial charge on any atom is 0.137 e. The number of pyridine rings is 1.